The molecule has 7 heteroatoms. The van der Waals surface area contributed by atoms with Crippen molar-refractivity contribution in [2.75, 3.05) is 0 Å². The van der Waals surface area contributed by atoms with Crippen LogP contribution in [0.4, 0.5) is 0 Å². The number of aromatic hydroxyl groups is 3. The predicted molar refractivity (Wildman–Crippen MR) is 130 cm³/mol. The second-order valence-electron chi connectivity index (χ2n) is 7.11. The van der Waals surface area contributed by atoms with Gasteiger partial charge in [0.25, 0.3) is 0 Å². The topological polar surface area (TPSA) is 60.7 Å². The molecule has 3 aromatic carbocycles. The number of phenolic OH excluding ortho intramolecular Hbond substituents is 3. The van der Waals surface area contributed by atoms with Crippen LogP contribution in [0.2, 0.25) is 15.1 Å². The standard InChI is InChI=1S/C24H23Cl3O3S/c1-4-13-7-16(10-19(25)22(13)28)31(17-8-14(5-2)23(29)20(26)11-17)18-9-15(6-3)24(30)21(27)12-18/h7-12H,4-6H2,1-3H3,(H2-,28,29,30)/p+1. The average molecular weight is 499 g/mol. The third kappa shape index (κ3) is 4.73. The molecule has 0 bridgehead atoms. The van der Waals surface area contributed by atoms with E-state index in [1.165, 1.54) is 0 Å². The first-order chi connectivity index (χ1) is 14.7. The lowest BCUT2D eigenvalue weighted by molar-refractivity contribution is 0.468. The Bertz CT molecular complexity index is 990. The first-order valence-corrected chi connectivity index (χ1v) is 12.4. The van der Waals surface area contributed by atoms with Gasteiger partial charge < -0.3 is 15.3 Å². The Hall–Kier alpha value is -1.72. The minimum absolute atomic E-state index is 0.0763. The van der Waals surface area contributed by atoms with Gasteiger partial charge in [0.2, 0.25) is 0 Å². The fraction of sp³-hybridized carbons (Fsp3) is 0.250. The van der Waals surface area contributed by atoms with Crippen molar-refractivity contribution in [3.05, 3.63) is 68.2 Å². The van der Waals surface area contributed by atoms with Crippen molar-refractivity contribution in [1.29, 1.82) is 0 Å². The van der Waals surface area contributed by atoms with Gasteiger partial charge >= 0.3 is 0 Å². The molecule has 3 nitrogen and oxygen atoms in total. The average Bonchev–Trinajstić information content (AvgIpc) is 2.75. The van der Waals surface area contributed by atoms with E-state index in [4.69, 9.17) is 34.8 Å². The monoisotopic (exact) mass is 497 g/mol. The first kappa shape index (κ1) is 23.9. The number of aryl methyl sites for hydroxylation is 3. The van der Waals surface area contributed by atoms with Crippen molar-refractivity contribution in [3.8, 4) is 17.2 Å². The molecule has 0 heterocycles. The summed E-state index contributed by atoms with van der Waals surface area (Å²) in [5.74, 6) is 0.229. The second-order valence-corrected chi connectivity index (χ2v) is 10.4. The molecule has 31 heavy (non-hydrogen) atoms. The third-order valence-corrected chi connectivity index (χ3v) is 8.18. The molecule has 0 atom stereocenters. The van der Waals surface area contributed by atoms with Crippen molar-refractivity contribution < 1.29 is 15.3 Å². The smallest absolute Gasteiger partial charge is 0.168 e. The highest BCUT2D eigenvalue weighted by Gasteiger charge is 2.33. The van der Waals surface area contributed by atoms with Crippen LogP contribution in [-0.2, 0) is 30.2 Å². The summed E-state index contributed by atoms with van der Waals surface area (Å²) >= 11 is 19.1. The predicted octanol–water partition coefficient (Wildman–Crippen LogP) is 7.55. The van der Waals surface area contributed by atoms with Crippen LogP contribution in [0.25, 0.3) is 0 Å². The molecule has 0 aromatic heterocycles. The van der Waals surface area contributed by atoms with E-state index in [0.29, 0.717) is 19.3 Å². The summed E-state index contributed by atoms with van der Waals surface area (Å²) < 4.78 is 0. The van der Waals surface area contributed by atoms with Crippen LogP contribution in [0.1, 0.15) is 37.5 Å². The molecule has 0 spiro atoms. The summed E-state index contributed by atoms with van der Waals surface area (Å²) in [7, 11) is -0.693. The van der Waals surface area contributed by atoms with E-state index >= 15 is 0 Å². The molecule has 0 unspecified atom stereocenters. The molecule has 3 aromatic rings. The van der Waals surface area contributed by atoms with Crippen LogP contribution in [0, 0.1) is 0 Å². The van der Waals surface area contributed by atoms with Gasteiger partial charge in [-0.05, 0) is 19.3 Å². The molecule has 3 rings (SSSR count). The van der Waals surface area contributed by atoms with Crippen LogP contribution in [0.15, 0.2) is 51.1 Å². The number of hydrogen-bond donors (Lipinski definition) is 3. The Labute approximate surface area is 200 Å². The zero-order valence-electron chi connectivity index (χ0n) is 17.5. The van der Waals surface area contributed by atoms with E-state index < -0.39 is 10.9 Å². The van der Waals surface area contributed by atoms with E-state index in [2.05, 4.69) is 0 Å². The van der Waals surface area contributed by atoms with E-state index in [-0.39, 0.29) is 32.3 Å². The van der Waals surface area contributed by atoms with Gasteiger partial charge in [-0.25, -0.2) is 0 Å². The van der Waals surface area contributed by atoms with E-state index in [0.717, 1.165) is 31.4 Å². The number of rotatable bonds is 6. The van der Waals surface area contributed by atoms with Gasteiger partial charge in [-0.15, -0.1) is 0 Å². The number of halogens is 3. The molecule has 164 valence electrons. The van der Waals surface area contributed by atoms with Crippen molar-refractivity contribution in [1.82, 2.24) is 0 Å². The quantitative estimate of drug-likeness (QED) is 0.307. The molecular formula is C24H24Cl3O3S+. The van der Waals surface area contributed by atoms with Gasteiger partial charge in [0.15, 0.2) is 14.7 Å². The third-order valence-electron chi connectivity index (χ3n) is 5.20. The Morgan fingerprint density at radius 3 is 1.03 bits per heavy atom. The van der Waals surface area contributed by atoms with E-state index in [1.54, 1.807) is 18.2 Å². The Morgan fingerprint density at radius 2 is 0.806 bits per heavy atom. The number of hydrogen-bond acceptors (Lipinski definition) is 3. The molecular weight excluding hydrogens is 475 g/mol. The van der Waals surface area contributed by atoms with Gasteiger partial charge in [-0.1, -0.05) is 55.6 Å². The zero-order chi connectivity index (χ0) is 22.9. The summed E-state index contributed by atoms with van der Waals surface area (Å²) in [5.41, 5.74) is 2.21. The van der Waals surface area contributed by atoms with Crippen molar-refractivity contribution in [2.24, 2.45) is 0 Å². The minimum atomic E-state index is -0.693. The van der Waals surface area contributed by atoms with Crippen molar-refractivity contribution in [2.45, 2.75) is 54.7 Å². The van der Waals surface area contributed by atoms with E-state index in [9.17, 15) is 15.3 Å². The number of phenols is 3. The molecule has 0 aliphatic carbocycles. The van der Waals surface area contributed by atoms with Gasteiger partial charge in [0, 0.05) is 53.1 Å². The molecule has 0 saturated carbocycles. The minimum Gasteiger partial charge on any atom is -0.506 e. The molecule has 0 radical (unpaired) electrons. The lowest BCUT2D eigenvalue weighted by Crippen LogP contribution is -2.08. The van der Waals surface area contributed by atoms with Crippen LogP contribution >= 0.6 is 34.8 Å². The lowest BCUT2D eigenvalue weighted by Gasteiger charge is -2.15. The summed E-state index contributed by atoms with van der Waals surface area (Å²) in [4.78, 5) is 2.65. The molecule has 0 aliphatic rings. The highest BCUT2D eigenvalue weighted by Crippen LogP contribution is 2.42. The van der Waals surface area contributed by atoms with Crippen LogP contribution in [-0.4, -0.2) is 15.3 Å². The van der Waals surface area contributed by atoms with Crippen LogP contribution in [0.3, 0.4) is 0 Å². The van der Waals surface area contributed by atoms with E-state index in [1.807, 2.05) is 39.0 Å². The lowest BCUT2D eigenvalue weighted by atomic mass is 10.1. The van der Waals surface area contributed by atoms with Crippen molar-refractivity contribution >= 4 is 45.7 Å². The van der Waals surface area contributed by atoms with Gasteiger partial charge in [0.1, 0.15) is 17.2 Å². The molecule has 0 aliphatic heterocycles. The summed E-state index contributed by atoms with van der Waals surface area (Å²) in [6.07, 6.45) is 1.84. The second kappa shape index (κ2) is 9.83. The van der Waals surface area contributed by atoms with Gasteiger partial charge in [0.05, 0.1) is 26.0 Å². The van der Waals surface area contributed by atoms with Crippen LogP contribution in [0.5, 0.6) is 17.2 Å². The first-order valence-electron chi connectivity index (χ1n) is 10.00. The fourth-order valence-corrected chi connectivity index (χ4v) is 6.67. The largest absolute Gasteiger partial charge is 0.506 e. The fourth-order valence-electron chi connectivity index (χ4n) is 3.46. The molecule has 0 saturated heterocycles. The Kier molecular flexibility index (Phi) is 7.59. The van der Waals surface area contributed by atoms with Crippen LogP contribution < -0.4 is 0 Å². The zero-order valence-corrected chi connectivity index (χ0v) is 20.6. The normalized spacial score (nSPS) is 11.3. The maximum atomic E-state index is 10.3. The molecule has 0 amide bonds. The Morgan fingerprint density at radius 1 is 0.548 bits per heavy atom. The molecule has 3 N–H and O–H groups in total. The highest BCUT2D eigenvalue weighted by molar-refractivity contribution is 7.97. The Balaban J connectivity index is 2.35. The summed E-state index contributed by atoms with van der Waals surface area (Å²) in [6, 6.07) is 11.0. The SMILES string of the molecule is CCc1cc([S+](c2cc(Cl)c(O)c(CC)c2)c2cc(Cl)c(O)c(CC)c2)cc(Cl)c1O. The molecule has 0 fully saturated rings. The summed E-state index contributed by atoms with van der Waals surface area (Å²) in [6.45, 7) is 5.85. The van der Waals surface area contributed by atoms with Gasteiger partial charge in [-0.3, -0.25) is 0 Å². The van der Waals surface area contributed by atoms with Crippen molar-refractivity contribution in [3.63, 3.8) is 0 Å². The number of benzene rings is 3. The highest BCUT2D eigenvalue weighted by atomic mass is 35.5. The van der Waals surface area contributed by atoms with Gasteiger partial charge in [-0.2, -0.15) is 0 Å². The maximum absolute atomic E-state index is 10.3. The summed E-state index contributed by atoms with van der Waals surface area (Å²) in [5, 5.41) is 31.8. The maximum Gasteiger partial charge on any atom is 0.168 e.